The van der Waals surface area contributed by atoms with Gasteiger partial charge in [0.1, 0.15) is 32.0 Å². The van der Waals surface area contributed by atoms with Gasteiger partial charge in [-0.3, -0.25) is 24.0 Å². The molecule has 0 radical (unpaired) electrons. The number of oxazole rings is 2. The molecule has 1 unspecified atom stereocenters. The van der Waals surface area contributed by atoms with Crippen molar-refractivity contribution in [2.45, 2.75) is 74.8 Å². The first-order valence-electron chi connectivity index (χ1n) is 19.0. The summed E-state index contributed by atoms with van der Waals surface area (Å²) >= 11 is 0. The SMILES string of the molecule is CC(=O)OC(C)=O.O=N[O-].O=S(Cl)Cl.[2H]C(=O)/C(=N/O)C(=O)OCC.[2H]C(=O)C(NC(C)=O)C(=O)OCC.[2H]C(=O)CC(=O)OCC.[2H]c1oc(C)nc1C(=O)O.[2H]c1oc(C)nc1C(=O)OCC.[Na+].[Na+].[OH-]. The Hall–Kier alpha value is -5.05. The first-order chi connectivity index (χ1) is 31.8. The first kappa shape index (κ1) is 68.5. The van der Waals surface area contributed by atoms with Gasteiger partial charge >= 0.3 is 101 Å². The van der Waals surface area contributed by atoms with Crippen molar-refractivity contribution in [1.82, 2.24) is 15.3 Å². The van der Waals surface area contributed by atoms with Crippen LogP contribution in [0.3, 0.4) is 0 Å². The minimum absolute atomic E-state index is 0. The summed E-state index contributed by atoms with van der Waals surface area (Å²) < 4.78 is 73.6. The number of aromatic carboxylic acids is 1. The van der Waals surface area contributed by atoms with Crippen molar-refractivity contribution in [3.05, 3.63) is 45.8 Å². The summed E-state index contributed by atoms with van der Waals surface area (Å²) in [4.78, 5) is 129. The maximum absolute atomic E-state index is 11.0. The van der Waals surface area contributed by atoms with E-state index >= 15 is 0 Å². The van der Waals surface area contributed by atoms with Crippen molar-refractivity contribution < 1.29 is 171 Å². The molecule has 0 aliphatic rings. The number of esters is 6. The summed E-state index contributed by atoms with van der Waals surface area (Å²) in [6.07, 6.45) is -4.54. The zero-order valence-electron chi connectivity index (χ0n) is 42.5. The number of aryl methyl sites for hydroxylation is 2. The van der Waals surface area contributed by atoms with Crippen LogP contribution in [-0.4, -0.2) is 135 Å². The number of rotatable bonds is 13. The number of carboxylic acid groups (broad SMARTS) is 1. The van der Waals surface area contributed by atoms with Crippen LogP contribution in [0, 0.1) is 24.0 Å². The molecule has 370 valence electrons. The topological polar surface area (TPSA) is 450 Å². The number of ether oxygens (including phenoxy) is 5. The molecule has 0 aliphatic carbocycles. The van der Waals surface area contributed by atoms with E-state index in [9.17, 15) is 52.7 Å². The van der Waals surface area contributed by atoms with E-state index in [4.69, 9.17) is 35.9 Å². The number of carbonyl (C=O) groups is 11. The molecule has 2 aromatic heterocycles. The van der Waals surface area contributed by atoms with Crippen molar-refractivity contribution in [1.29, 1.82) is 0 Å². The average Bonchev–Trinajstić information content (AvgIpc) is 3.72. The van der Waals surface area contributed by atoms with Crippen LogP contribution in [0.1, 0.15) is 94.5 Å². The van der Waals surface area contributed by atoms with Gasteiger partial charge in [0.2, 0.25) is 20.8 Å². The van der Waals surface area contributed by atoms with E-state index in [1.165, 1.54) is 27.7 Å². The molecule has 0 bridgehead atoms. The molecule has 1 atom stereocenters. The third-order valence-electron chi connectivity index (χ3n) is 4.26. The predicted octanol–water partition coefficient (Wildman–Crippen LogP) is -3.97. The Labute approximate surface area is 444 Å². The van der Waals surface area contributed by atoms with Gasteiger partial charge in [-0.15, -0.1) is 5.34 Å². The Morgan fingerprint density at radius 3 is 1.51 bits per heavy atom. The average molecular weight is 1050 g/mol. The number of carboxylic acids is 1. The molecule has 1 amide bonds. The van der Waals surface area contributed by atoms with Gasteiger partial charge in [-0.05, 0) is 27.7 Å². The van der Waals surface area contributed by atoms with E-state index in [2.05, 4.69) is 64.6 Å². The zero-order chi connectivity index (χ0) is 55.6. The number of nitrogens with zero attached hydrogens (tertiary/aromatic N) is 4. The Kier molecular flexibility index (Phi) is 58.4. The second-order valence-corrected chi connectivity index (χ2v) is 11.7. The van der Waals surface area contributed by atoms with Crippen LogP contribution >= 0.6 is 21.4 Å². The van der Waals surface area contributed by atoms with Crippen molar-refractivity contribution in [3.63, 3.8) is 0 Å². The van der Waals surface area contributed by atoms with Gasteiger partial charge < -0.3 is 73.3 Å². The number of carbonyl (C=O) groups excluding carboxylic acids is 10. The van der Waals surface area contributed by atoms with E-state index in [1.54, 1.807) is 27.7 Å². The fourth-order valence-corrected chi connectivity index (χ4v) is 2.37. The molecule has 0 aromatic carbocycles. The maximum Gasteiger partial charge on any atom is 1.00 e. The number of nitrogens with one attached hydrogen (secondary N) is 1. The van der Waals surface area contributed by atoms with Gasteiger partial charge in [-0.2, -0.15) is 0 Å². The quantitative estimate of drug-likeness (QED) is 0.0165. The molecule has 0 saturated carbocycles. The summed E-state index contributed by atoms with van der Waals surface area (Å²) in [6.45, 7) is 13.7. The summed E-state index contributed by atoms with van der Waals surface area (Å²) in [6, 6.07) is -1.50. The number of amides is 1. The number of oxime groups is 1. The largest absolute Gasteiger partial charge is 1.00 e. The number of aldehydes is 3. The van der Waals surface area contributed by atoms with Crippen LogP contribution < -0.4 is 64.4 Å². The Bertz CT molecular complexity index is 2050. The summed E-state index contributed by atoms with van der Waals surface area (Å²) in [7, 11) is 7.36. The fraction of sp³-hybridized carbons (Fsp3) is 0.455. The van der Waals surface area contributed by atoms with Crippen molar-refractivity contribution in [2.75, 3.05) is 26.4 Å². The van der Waals surface area contributed by atoms with Crippen molar-refractivity contribution in [2.24, 2.45) is 10.5 Å². The van der Waals surface area contributed by atoms with Crippen LogP contribution in [0.15, 0.2) is 31.8 Å². The Balaban J connectivity index is -0.0000000919. The third-order valence-corrected chi connectivity index (χ3v) is 4.26. The number of hydrogen-bond acceptors (Lipinski definition) is 27. The third kappa shape index (κ3) is 63.1. The van der Waals surface area contributed by atoms with Gasteiger partial charge in [0.15, 0.2) is 41.7 Å². The molecule has 2 rings (SSSR count). The van der Waals surface area contributed by atoms with Gasteiger partial charge in [-0.1, -0.05) is 5.16 Å². The number of hydrogen-bond donors (Lipinski definition) is 3. The van der Waals surface area contributed by atoms with Crippen LogP contribution in [0.25, 0.3) is 0 Å². The van der Waals surface area contributed by atoms with Crippen LogP contribution in [0.4, 0.5) is 0 Å². The van der Waals surface area contributed by atoms with Crippen LogP contribution in [-0.2, 0) is 76.1 Å². The second-order valence-electron chi connectivity index (χ2n) is 9.14. The molecule has 0 aliphatic heterocycles. The molecule has 34 heteroatoms. The second kappa shape index (κ2) is 57.1. The van der Waals surface area contributed by atoms with Crippen LogP contribution in [0.2, 0.25) is 0 Å². The fourth-order valence-electron chi connectivity index (χ4n) is 2.37. The monoisotopic (exact) mass is 1050 g/mol. The van der Waals surface area contributed by atoms with Gasteiger partial charge in [0.05, 0.1) is 26.4 Å². The normalized spacial score (nSPS) is 10.0. The summed E-state index contributed by atoms with van der Waals surface area (Å²) in [5.41, 5.74) is -1.31. The Morgan fingerprint density at radius 2 is 1.27 bits per heavy atom. The van der Waals surface area contributed by atoms with Gasteiger partial charge in [0.25, 0.3) is 0 Å². The maximum atomic E-state index is 11.0. The summed E-state index contributed by atoms with van der Waals surface area (Å²) in [5, 5.41) is 29.7. The standard InChI is InChI=1S/C7H11NO4.C7H9NO3.C5H7NO4.C5H5NO3.C5H8O3.C4H6O3.Cl2OS.HNO2.2Na.H2O/c1-3-12-7(11)6(4-9)8-5(2)10;1-3-10-7(9)6-4-11-5(2)8-6;1-2-10-5(8)4(3-7)6-9;1-3-6-4(2-9-3)5(7)8;1-2-8-5(7)3-4-6;1-3(5)7-4(2)6;1-4(2)3;2-1-3;;;/h4,6H,3H2,1-2H3,(H,8,10);4H,3H2,1-2H3;3,9H,2H2,1H3;2H,1H3,(H,7,8);4H,2-3H2,1H3;1-2H3;;(H,2,3);;;1H2/q;;;;;;;;2*+1;/p-2/b;;6-4-;;;;;;;;/i2*4D;3D;2D;4D;;;;;;. The smallest absolute Gasteiger partial charge is 0.870 e. The molecular formula is C33H47Cl2N5Na2O24S. The molecule has 0 fully saturated rings. The van der Waals surface area contributed by atoms with E-state index in [0.717, 1.165) is 12.3 Å². The van der Waals surface area contributed by atoms with E-state index in [0.29, 0.717) is 5.89 Å². The van der Waals surface area contributed by atoms with Gasteiger partial charge in [-0.25, -0.2) is 33.4 Å². The molecule has 0 spiro atoms. The molecule has 29 nitrogen and oxygen atoms in total. The molecule has 4 N–H and O–H groups in total. The minimum atomic E-state index is -1.67. The number of aromatic nitrogens is 2. The number of halogens is 2. The molecule has 0 saturated heterocycles. The van der Waals surface area contributed by atoms with Crippen molar-refractivity contribution in [3.8, 4) is 0 Å². The molecule has 2 aromatic rings. The minimum Gasteiger partial charge on any atom is -0.870 e. The van der Waals surface area contributed by atoms with E-state index in [1.807, 2.05) is 5.32 Å². The van der Waals surface area contributed by atoms with Gasteiger partial charge in [0, 0.05) is 56.0 Å². The van der Waals surface area contributed by atoms with E-state index < -0.39 is 100 Å². The predicted molar refractivity (Wildman–Crippen MR) is 218 cm³/mol. The van der Waals surface area contributed by atoms with Crippen molar-refractivity contribution >= 4 is 103 Å². The van der Waals surface area contributed by atoms with Crippen LogP contribution in [0.5, 0.6) is 0 Å². The molecule has 67 heavy (non-hydrogen) atoms. The molecular weight excluding hydrogens is 999 g/mol. The zero-order valence-corrected chi connectivity index (χ0v) is 43.8. The summed E-state index contributed by atoms with van der Waals surface area (Å²) in [5.74, 6) is -5.66. The molecule has 2 heterocycles. The Morgan fingerprint density at radius 1 is 0.866 bits per heavy atom. The van der Waals surface area contributed by atoms with E-state index in [-0.39, 0.29) is 115 Å². The first-order valence-corrected chi connectivity index (χ1v) is 19.3.